The van der Waals surface area contributed by atoms with Crippen molar-refractivity contribution in [3.8, 4) is 0 Å². The largest absolute Gasteiger partial charge is 0.347 e. The Bertz CT molecular complexity index is 609. The Kier molecular flexibility index (Phi) is 3.20. The van der Waals surface area contributed by atoms with Gasteiger partial charge < -0.3 is 5.32 Å². The van der Waals surface area contributed by atoms with Gasteiger partial charge in [-0.1, -0.05) is 11.6 Å². The molecular formula is C11H11ClN4O2. The van der Waals surface area contributed by atoms with Crippen molar-refractivity contribution in [2.75, 3.05) is 5.32 Å². The molecule has 0 aliphatic rings. The first-order chi connectivity index (χ1) is 8.47. The third kappa shape index (κ3) is 2.43. The van der Waals surface area contributed by atoms with Gasteiger partial charge in [0.15, 0.2) is 0 Å². The molecule has 2 rings (SSSR count). The van der Waals surface area contributed by atoms with Gasteiger partial charge in [0.1, 0.15) is 5.69 Å². The van der Waals surface area contributed by atoms with Gasteiger partial charge in [0.2, 0.25) is 0 Å². The predicted octanol–water partition coefficient (Wildman–Crippen LogP) is 3.03. The van der Waals surface area contributed by atoms with Crippen molar-refractivity contribution in [2.24, 2.45) is 7.05 Å². The number of nitro groups is 1. The average Bonchev–Trinajstić information content (AvgIpc) is 2.57. The Hall–Kier alpha value is -2.08. The van der Waals surface area contributed by atoms with Crippen LogP contribution in [0.1, 0.15) is 5.69 Å². The van der Waals surface area contributed by atoms with Crippen molar-refractivity contribution < 1.29 is 4.92 Å². The number of rotatable bonds is 3. The second-order valence-corrected chi connectivity index (χ2v) is 4.28. The number of hydrogen-bond donors (Lipinski definition) is 1. The van der Waals surface area contributed by atoms with Gasteiger partial charge in [0, 0.05) is 24.3 Å². The molecular weight excluding hydrogens is 256 g/mol. The van der Waals surface area contributed by atoms with Gasteiger partial charge in [-0.3, -0.25) is 14.8 Å². The summed E-state index contributed by atoms with van der Waals surface area (Å²) < 4.78 is 1.63. The number of nitrogens with zero attached hydrogens (tertiary/aromatic N) is 3. The van der Waals surface area contributed by atoms with E-state index in [0.717, 1.165) is 5.69 Å². The van der Waals surface area contributed by atoms with E-state index in [1.807, 2.05) is 6.92 Å². The number of hydrogen-bond acceptors (Lipinski definition) is 4. The van der Waals surface area contributed by atoms with Crippen LogP contribution in [-0.2, 0) is 7.05 Å². The molecule has 0 atom stereocenters. The predicted molar refractivity (Wildman–Crippen MR) is 69.3 cm³/mol. The lowest BCUT2D eigenvalue weighted by Gasteiger charge is -2.06. The fourth-order valence-corrected chi connectivity index (χ4v) is 1.81. The number of nitrogens with one attached hydrogen (secondary N) is 1. The zero-order valence-electron chi connectivity index (χ0n) is 9.85. The Balaban J connectivity index is 2.42. The van der Waals surface area contributed by atoms with Crippen molar-refractivity contribution in [1.29, 1.82) is 0 Å². The van der Waals surface area contributed by atoms with E-state index < -0.39 is 4.92 Å². The average molecular weight is 267 g/mol. The summed E-state index contributed by atoms with van der Waals surface area (Å²) in [6, 6.07) is 4.38. The highest BCUT2D eigenvalue weighted by atomic mass is 35.5. The monoisotopic (exact) mass is 266 g/mol. The third-order valence-corrected chi connectivity index (χ3v) is 2.67. The van der Waals surface area contributed by atoms with Crippen LogP contribution < -0.4 is 5.32 Å². The maximum absolute atomic E-state index is 10.9. The van der Waals surface area contributed by atoms with E-state index in [2.05, 4.69) is 10.4 Å². The highest BCUT2D eigenvalue weighted by Gasteiger charge is 2.15. The minimum atomic E-state index is -0.454. The highest BCUT2D eigenvalue weighted by Crippen LogP contribution is 2.31. The third-order valence-electron chi connectivity index (χ3n) is 2.44. The number of aromatic nitrogens is 2. The lowest BCUT2D eigenvalue weighted by Crippen LogP contribution is -1.97. The first kappa shape index (κ1) is 12.4. The molecule has 0 aliphatic carbocycles. The summed E-state index contributed by atoms with van der Waals surface area (Å²) in [6.45, 7) is 1.82. The molecule has 7 heteroatoms. The van der Waals surface area contributed by atoms with Gasteiger partial charge in [0.05, 0.1) is 16.3 Å². The number of benzene rings is 1. The topological polar surface area (TPSA) is 73.0 Å². The summed E-state index contributed by atoms with van der Waals surface area (Å²) in [5, 5.41) is 18.5. The Morgan fingerprint density at radius 1 is 1.44 bits per heavy atom. The molecule has 0 saturated carbocycles. The molecule has 1 N–H and O–H groups in total. The molecule has 0 aliphatic heterocycles. The summed E-state index contributed by atoms with van der Waals surface area (Å²) in [5.41, 5.74) is 1.79. The second kappa shape index (κ2) is 4.66. The number of halogens is 1. The summed E-state index contributed by atoms with van der Waals surface area (Å²) in [5.74, 6) is 0. The van der Waals surface area contributed by atoms with Crippen LogP contribution in [0.25, 0.3) is 0 Å². The first-order valence-electron chi connectivity index (χ1n) is 5.18. The smallest absolute Gasteiger partial charge is 0.292 e. The van der Waals surface area contributed by atoms with Crippen LogP contribution in [0.3, 0.4) is 0 Å². The van der Waals surface area contributed by atoms with E-state index in [4.69, 9.17) is 11.6 Å². The maximum atomic E-state index is 10.9. The molecule has 1 aromatic heterocycles. The molecule has 0 spiro atoms. The molecule has 6 nitrogen and oxygen atoms in total. The number of aryl methyl sites for hydroxylation is 2. The summed E-state index contributed by atoms with van der Waals surface area (Å²) in [6.07, 6.45) is 1.75. The van der Waals surface area contributed by atoms with E-state index in [1.54, 1.807) is 17.9 Å². The Morgan fingerprint density at radius 3 is 2.72 bits per heavy atom. The molecule has 18 heavy (non-hydrogen) atoms. The van der Waals surface area contributed by atoms with Crippen LogP contribution in [0.4, 0.5) is 17.1 Å². The Morgan fingerprint density at radius 2 is 2.17 bits per heavy atom. The lowest BCUT2D eigenvalue weighted by atomic mass is 10.2. The minimum Gasteiger partial charge on any atom is -0.347 e. The molecule has 2 aromatic rings. The van der Waals surface area contributed by atoms with Gasteiger partial charge in [-0.25, -0.2) is 0 Å². The van der Waals surface area contributed by atoms with Crippen molar-refractivity contribution in [3.63, 3.8) is 0 Å². The molecule has 1 aromatic carbocycles. The second-order valence-electron chi connectivity index (χ2n) is 3.85. The van der Waals surface area contributed by atoms with Gasteiger partial charge in [0.25, 0.3) is 5.69 Å². The molecule has 0 unspecified atom stereocenters. The van der Waals surface area contributed by atoms with Gasteiger partial charge in [-0.2, -0.15) is 5.10 Å². The van der Waals surface area contributed by atoms with Crippen LogP contribution in [0.2, 0.25) is 5.02 Å². The van der Waals surface area contributed by atoms with E-state index in [0.29, 0.717) is 16.4 Å². The van der Waals surface area contributed by atoms with Gasteiger partial charge in [-0.15, -0.1) is 0 Å². The summed E-state index contributed by atoms with van der Waals surface area (Å²) >= 11 is 5.85. The van der Waals surface area contributed by atoms with E-state index in [9.17, 15) is 10.1 Å². The molecule has 0 fully saturated rings. The van der Waals surface area contributed by atoms with Crippen molar-refractivity contribution in [2.45, 2.75) is 6.92 Å². The standard InChI is InChI=1S/C11H11ClN4O2/c1-7-10(6-15(2)14-7)13-9-5-8(12)3-4-11(9)16(17)18/h3-6,13H,1-2H3. The molecule has 1 heterocycles. The zero-order chi connectivity index (χ0) is 13.3. The van der Waals surface area contributed by atoms with Gasteiger partial charge >= 0.3 is 0 Å². The fourth-order valence-electron chi connectivity index (χ4n) is 1.63. The molecule has 0 saturated heterocycles. The van der Waals surface area contributed by atoms with Crippen LogP contribution in [0, 0.1) is 17.0 Å². The Labute approximate surface area is 108 Å². The van der Waals surface area contributed by atoms with Crippen LogP contribution in [0.15, 0.2) is 24.4 Å². The normalized spacial score (nSPS) is 10.4. The van der Waals surface area contributed by atoms with Crippen LogP contribution in [-0.4, -0.2) is 14.7 Å². The lowest BCUT2D eigenvalue weighted by molar-refractivity contribution is -0.383. The van der Waals surface area contributed by atoms with Crippen molar-refractivity contribution >= 4 is 28.7 Å². The number of nitro benzene ring substituents is 1. The quantitative estimate of drug-likeness (QED) is 0.684. The van der Waals surface area contributed by atoms with Crippen molar-refractivity contribution in [1.82, 2.24) is 9.78 Å². The summed E-state index contributed by atoms with van der Waals surface area (Å²) in [4.78, 5) is 10.5. The van der Waals surface area contributed by atoms with Gasteiger partial charge in [-0.05, 0) is 19.1 Å². The molecule has 0 radical (unpaired) electrons. The SMILES string of the molecule is Cc1nn(C)cc1Nc1cc(Cl)ccc1[N+](=O)[O-]. The van der Waals surface area contributed by atoms with E-state index in [-0.39, 0.29) is 5.69 Å². The van der Waals surface area contributed by atoms with Crippen LogP contribution >= 0.6 is 11.6 Å². The number of anilines is 2. The van der Waals surface area contributed by atoms with Crippen molar-refractivity contribution in [3.05, 3.63) is 45.2 Å². The molecule has 94 valence electrons. The minimum absolute atomic E-state index is 0.0253. The van der Waals surface area contributed by atoms with E-state index >= 15 is 0 Å². The van der Waals surface area contributed by atoms with E-state index in [1.165, 1.54) is 18.2 Å². The zero-order valence-corrected chi connectivity index (χ0v) is 10.6. The highest BCUT2D eigenvalue weighted by molar-refractivity contribution is 6.31. The molecule has 0 bridgehead atoms. The first-order valence-corrected chi connectivity index (χ1v) is 5.56. The summed E-state index contributed by atoms with van der Waals surface area (Å²) in [7, 11) is 1.78. The maximum Gasteiger partial charge on any atom is 0.292 e. The molecule has 0 amide bonds. The van der Waals surface area contributed by atoms with Crippen LogP contribution in [0.5, 0.6) is 0 Å². The fraction of sp³-hybridized carbons (Fsp3) is 0.182.